The first-order valence-electron chi connectivity index (χ1n) is 6.70. The molecule has 19 heavy (non-hydrogen) atoms. The number of carbonyl (C=O) groups excluding carboxylic acids is 1. The molecule has 1 aromatic carbocycles. The molecule has 0 saturated carbocycles. The Hall–Kier alpha value is -1.09. The summed E-state index contributed by atoms with van der Waals surface area (Å²) in [6.07, 6.45) is 2.07. The molecule has 0 bridgehead atoms. The fraction of sp³-hybridized carbons (Fsp3) is 0.533. The van der Waals surface area contributed by atoms with Gasteiger partial charge in [0.25, 0.3) is 0 Å². The lowest BCUT2D eigenvalue weighted by Crippen LogP contribution is -2.38. The smallest absolute Gasteiger partial charge is 0.227 e. The van der Waals surface area contributed by atoms with Crippen molar-refractivity contribution < 1.29 is 9.18 Å². The van der Waals surface area contributed by atoms with E-state index in [-0.39, 0.29) is 22.8 Å². The van der Waals surface area contributed by atoms with Gasteiger partial charge >= 0.3 is 0 Å². The highest BCUT2D eigenvalue weighted by atomic mass is 35.5. The molecule has 0 aliphatic carbocycles. The summed E-state index contributed by atoms with van der Waals surface area (Å²) in [7, 11) is 0. The fourth-order valence-electron chi connectivity index (χ4n) is 1.96. The SMILES string of the molecule is CCCC(=O)N(c1cc(C)c(F)cc1Cl)C(C)CC. The van der Waals surface area contributed by atoms with E-state index in [0.29, 0.717) is 17.7 Å². The van der Waals surface area contributed by atoms with Gasteiger partial charge in [0.1, 0.15) is 5.82 Å². The molecule has 106 valence electrons. The number of benzene rings is 1. The molecule has 1 unspecified atom stereocenters. The van der Waals surface area contributed by atoms with Gasteiger partial charge in [-0.3, -0.25) is 4.79 Å². The summed E-state index contributed by atoms with van der Waals surface area (Å²) in [5, 5.41) is 0.285. The maximum atomic E-state index is 13.5. The van der Waals surface area contributed by atoms with Crippen molar-refractivity contribution in [1.29, 1.82) is 0 Å². The summed E-state index contributed by atoms with van der Waals surface area (Å²) in [6, 6.07) is 2.97. The summed E-state index contributed by atoms with van der Waals surface area (Å²) in [5.41, 5.74) is 1.10. The van der Waals surface area contributed by atoms with Gasteiger partial charge in [0.2, 0.25) is 5.91 Å². The zero-order valence-electron chi connectivity index (χ0n) is 12.0. The topological polar surface area (TPSA) is 20.3 Å². The Balaban J connectivity index is 3.24. The molecular formula is C15H21ClFNO. The second-order valence-corrected chi connectivity index (χ2v) is 5.23. The van der Waals surface area contributed by atoms with E-state index in [1.807, 2.05) is 20.8 Å². The third-order valence-corrected chi connectivity index (χ3v) is 3.55. The Morgan fingerprint density at radius 1 is 1.42 bits per heavy atom. The minimum Gasteiger partial charge on any atom is -0.308 e. The van der Waals surface area contributed by atoms with Crippen LogP contribution in [0.5, 0.6) is 0 Å². The Kier molecular flexibility index (Phi) is 5.80. The Morgan fingerprint density at radius 2 is 2.05 bits per heavy atom. The maximum absolute atomic E-state index is 13.5. The molecule has 1 atom stereocenters. The van der Waals surface area contributed by atoms with E-state index in [1.54, 1.807) is 17.9 Å². The van der Waals surface area contributed by atoms with E-state index in [2.05, 4.69) is 0 Å². The molecule has 1 amide bonds. The Labute approximate surface area is 119 Å². The van der Waals surface area contributed by atoms with Crippen molar-refractivity contribution in [2.75, 3.05) is 4.90 Å². The number of carbonyl (C=O) groups is 1. The lowest BCUT2D eigenvalue weighted by Gasteiger charge is -2.30. The number of anilines is 1. The van der Waals surface area contributed by atoms with Gasteiger partial charge in [-0.25, -0.2) is 4.39 Å². The van der Waals surface area contributed by atoms with Gasteiger partial charge in [-0.1, -0.05) is 25.4 Å². The lowest BCUT2D eigenvalue weighted by molar-refractivity contribution is -0.119. The highest BCUT2D eigenvalue weighted by molar-refractivity contribution is 6.33. The first-order chi connectivity index (χ1) is 8.92. The van der Waals surface area contributed by atoms with Crippen LogP contribution in [0, 0.1) is 12.7 Å². The van der Waals surface area contributed by atoms with Gasteiger partial charge in [0, 0.05) is 12.5 Å². The number of hydrogen-bond acceptors (Lipinski definition) is 1. The molecule has 0 fully saturated rings. The van der Waals surface area contributed by atoms with Crippen molar-refractivity contribution in [3.63, 3.8) is 0 Å². The number of amides is 1. The van der Waals surface area contributed by atoms with E-state index in [4.69, 9.17) is 11.6 Å². The molecule has 2 nitrogen and oxygen atoms in total. The highest BCUT2D eigenvalue weighted by Gasteiger charge is 2.23. The zero-order chi connectivity index (χ0) is 14.6. The van der Waals surface area contributed by atoms with Gasteiger partial charge in [0.05, 0.1) is 10.7 Å². The van der Waals surface area contributed by atoms with Crippen molar-refractivity contribution >= 4 is 23.2 Å². The van der Waals surface area contributed by atoms with Crippen molar-refractivity contribution in [1.82, 2.24) is 0 Å². The minimum absolute atomic E-state index is 0.0322. The van der Waals surface area contributed by atoms with E-state index < -0.39 is 0 Å². The Morgan fingerprint density at radius 3 is 2.58 bits per heavy atom. The molecule has 0 aliphatic rings. The molecule has 1 rings (SSSR count). The molecule has 4 heteroatoms. The molecule has 0 saturated heterocycles. The van der Waals surface area contributed by atoms with Crippen molar-refractivity contribution in [3.8, 4) is 0 Å². The standard InChI is InChI=1S/C15H21ClFNO/c1-5-7-15(19)18(11(4)6-2)14-8-10(3)13(17)9-12(14)16/h8-9,11H,5-7H2,1-4H3. The second kappa shape index (κ2) is 6.90. The minimum atomic E-state index is -0.346. The predicted molar refractivity (Wildman–Crippen MR) is 78.3 cm³/mol. The number of nitrogens with zero attached hydrogens (tertiary/aromatic N) is 1. The van der Waals surface area contributed by atoms with Crippen LogP contribution in [0.15, 0.2) is 12.1 Å². The van der Waals surface area contributed by atoms with Crippen LogP contribution in [0.2, 0.25) is 5.02 Å². The van der Waals surface area contributed by atoms with Crippen LogP contribution in [0.4, 0.5) is 10.1 Å². The van der Waals surface area contributed by atoms with Crippen molar-refractivity contribution in [3.05, 3.63) is 28.5 Å². The molecule has 1 aromatic rings. The molecule has 0 N–H and O–H groups in total. The van der Waals surface area contributed by atoms with E-state index in [0.717, 1.165) is 12.8 Å². The zero-order valence-corrected chi connectivity index (χ0v) is 12.7. The predicted octanol–water partition coefficient (Wildman–Crippen LogP) is 4.72. The maximum Gasteiger partial charge on any atom is 0.227 e. The van der Waals surface area contributed by atoms with E-state index >= 15 is 0 Å². The molecular weight excluding hydrogens is 265 g/mol. The summed E-state index contributed by atoms with van der Waals surface area (Å²) >= 11 is 6.11. The third-order valence-electron chi connectivity index (χ3n) is 3.25. The normalized spacial score (nSPS) is 12.3. The number of rotatable bonds is 5. The van der Waals surface area contributed by atoms with Crippen LogP contribution < -0.4 is 4.90 Å². The number of halogens is 2. The molecule has 0 radical (unpaired) electrons. The van der Waals surface area contributed by atoms with Gasteiger partial charge < -0.3 is 4.90 Å². The van der Waals surface area contributed by atoms with Crippen LogP contribution in [0.1, 0.15) is 45.6 Å². The summed E-state index contributed by atoms with van der Waals surface area (Å²) in [6.45, 7) is 7.63. The largest absolute Gasteiger partial charge is 0.308 e. The van der Waals surface area contributed by atoms with Crippen LogP contribution in [-0.4, -0.2) is 11.9 Å². The highest BCUT2D eigenvalue weighted by Crippen LogP contribution is 2.31. The number of hydrogen-bond donors (Lipinski definition) is 0. The molecule has 0 aromatic heterocycles. The van der Waals surface area contributed by atoms with Crippen LogP contribution in [0.3, 0.4) is 0 Å². The van der Waals surface area contributed by atoms with Gasteiger partial charge in [0.15, 0.2) is 0 Å². The summed E-state index contributed by atoms with van der Waals surface area (Å²) in [4.78, 5) is 14.0. The Bertz CT molecular complexity index is 462. The average Bonchev–Trinajstić information content (AvgIpc) is 2.35. The molecule has 0 heterocycles. The van der Waals surface area contributed by atoms with Gasteiger partial charge in [-0.15, -0.1) is 0 Å². The van der Waals surface area contributed by atoms with Gasteiger partial charge in [-0.2, -0.15) is 0 Å². The van der Waals surface area contributed by atoms with Crippen molar-refractivity contribution in [2.45, 2.75) is 53.0 Å². The third kappa shape index (κ3) is 3.69. The monoisotopic (exact) mass is 285 g/mol. The number of aryl methyl sites for hydroxylation is 1. The molecule has 0 aliphatic heterocycles. The first kappa shape index (κ1) is 16.0. The first-order valence-corrected chi connectivity index (χ1v) is 7.07. The van der Waals surface area contributed by atoms with Gasteiger partial charge in [-0.05, 0) is 44.4 Å². The molecule has 0 spiro atoms. The van der Waals surface area contributed by atoms with Crippen molar-refractivity contribution in [2.24, 2.45) is 0 Å². The fourth-order valence-corrected chi connectivity index (χ4v) is 2.20. The summed E-state index contributed by atoms with van der Waals surface area (Å²) in [5.74, 6) is -0.314. The summed E-state index contributed by atoms with van der Waals surface area (Å²) < 4.78 is 13.5. The second-order valence-electron chi connectivity index (χ2n) is 4.82. The lowest BCUT2D eigenvalue weighted by atomic mass is 10.1. The quantitative estimate of drug-likeness (QED) is 0.766. The van der Waals surface area contributed by atoms with Crippen LogP contribution >= 0.6 is 11.6 Å². The van der Waals surface area contributed by atoms with Crippen LogP contribution in [0.25, 0.3) is 0 Å². The van der Waals surface area contributed by atoms with E-state index in [1.165, 1.54) is 6.07 Å². The average molecular weight is 286 g/mol. The van der Waals surface area contributed by atoms with Crippen LogP contribution in [-0.2, 0) is 4.79 Å². The van der Waals surface area contributed by atoms with E-state index in [9.17, 15) is 9.18 Å².